The van der Waals surface area contributed by atoms with Gasteiger partial charge in [0.1, 0.15) is 17.3 Å². The number of nitrogens with one attached hydrogen (secondary N) is 1. The van der Waals surface area contributed by atoms with Gasteiger partial charge in [-0.05, 0) is 67.6 Å². The number of carbonyl (C=O) groups excluding carboxylic acids is 1. The predicted molar refractivity (Wildman–Crippen MR) is 106 cm³/mol. The Morgan fingerprint density at radius 2 is 1.83 bits per heavy atom. The second-order valence-corrected chi connectivity index (χ2v) is 6.05. The first-order chi connectivity index (χ1) is 14.3. The fourth-order valence-corrected chi connectivity index (χ4v) is 2.51. The molecular formula is C22H18F3NO4. The van der Waals surface area contributed by atoms with Gasteiger partial charge in [0.25, 0.3) is 0 Å². The van der Waals surface area contributed by atoms with E-state index in [2.05, 4.69) is 5.32 Å². The summed E-state index contributed by atoms with van der Waals surface area (Å²) in [6.45, 7) is 2.35. The van der Waals surface area contributed by atoms with Gasteiger partial charge in [-0.25, -0.2) is 0 Å². The maximum atomic E-state index is 13.1. The molecule has 2 aromatic carbocycles. The summed E-state index contributed by atoms with van der Waals surface area (Å²) in [4.78, 5) is 12.2. The van der Waals surface area contributed by atoms with Crippen LogP contribution in [0.4, 0.5) is 18.9 Å². The summed E-state index contributed by atoms with van der Waals surface area (Å²) < 4.78 is 55.5. The highest BCUT2D eigenvalue weighted by Gasteiger charge is 2.31. The Balaban J connectivity index is 1.83. The molecule has 3 rings (SSSR count). The molecule has 0 saturated heterocycles. The lowest BCUT2D eigenvalue weighted by molar-refractivity contribution is -0.137. The molecular weight excluding hydrogens is 399 g/mol. The molecule has 0 unspecified atom stereocenters. The van der Waals surface area contributed by atoms with E-state index < -0.39 is 17.6 Å². The summed E-state index contributed by atoms with van der Waals surface area (Å²) in [5.41, 5.74) is -1.03. The Labute approximate surface area is 170 Å². The van der Waals surface area contributed by atoms with E-state index in [4.69, 9.17) is 13.9 Å². The van der Waals surface area contributed by atoms with Crippen molar-refractivity contribution in [1.29, 1.82) is 0 Å². The van der Waals surface area contributed by atoms with Gasteiger partial charge in [0, 0.05) is 6.08 Å². The Kier molecular flexibility index (Phi) is 6.46. The molecule has 1 amide bonds. The van der Waals surface area contributed by atoms with E-state index in [1.807, 2.05) is 6.92 Å². The fourth-order valence-electron chi connectivity index (χ4n) is 2.51. The highest BCUT2D eigenvalue weighted by Crippen LogP contribution is 2.37. The number of benzene rings is 2. The molecule has 0 radical (unpaired) electrons. The largest absolute Gasteiger partial charge is 0.494 e. The number of rotatable bonds is 7. The minimum absolute atomic E-state index is 0.0620. The van der Waals surface area contributed by atoms with E-state index in [1.165, 1.54) is 12.3 Å². The van der Waals surface area contributed by atoms with Crippen molar-refractivity contribution in [3.63, 3.8) is 0 Å². The Morgan fingerprint density at radius 1 is 1.10 bits per heavy atom. The molecule has 1 heterocycles. The van der Waals surface area contributed by atoms with Crippen LogP contribution in [0.15, 0.2) is 71.4 Å². The summed E-state index contributed by atoms with van der Waals surface area (Å²) in [7, 11) is 0. The first-order valence-electron chi connectivity index (χ1n) is 8.99. The molecule has 3 aromatic rings. The monoisotopic (exact) mass is 417 g/mol. The van der Waals surface area contributed by atoms with Crippen molar-refractivity contribution in [2.45, 2.75) is 13.1 Å². The van der Waals surface area contributed by atoms with Crippen molar-refractivity contribution in [3.05, 3.63) is 78.3 Å². The molecule has 0 spiro atoms. The molecule has 8 heteroatoms. The molecule has 0 aliphatic rings. The number of hydrogen-bond donors (Lipinski definition) is 1. The maximum Gasteiger partial charge on any atom is 0.416 e. The zero-order chi connectivity index (χ0) is 21.6. The highest BCUT2D eigenvalue weighted by atomic mass is 19.4. The van der Waals surface area contributed by atoms with Crippen molar-refractivity contribution in [3.8, 4) is 17.2 Å². The van der Waals surface area contributed by atoms with Crippen molar-refractivity contribution >= 4 is 17.7 Å². The van der Waals surface area contributed by atoms with E-state index in [1.54, 1.807) is 36.4 Å². The number of amides is 1. The molecule has 1 aromatic heterocycles. The highest BCUT2D eigenvalue weighted by molar-refractivity contribution is 6.02. The number of alkyl halides is 3. The molecule has 0 fully saturated rings. The van der Waals surface area contributed by atoms with Gasteiger partial charge in [0.15, 0.2) is 5.75 Å². The van der Waals surface area contributed by atoms with Gasteiger partial charge in [-0.3, -0.25) is 4.79 Å². The van der Waals surface area contributed by atoms with Crippen LogP contribution >= 0.6 is 0 Å². The third-order valence-electron chi connectivity index (χ3n) is 3.87. The minimum atomic E-state index is -4.57. The molecule has 156 valence electrons. The summed E-state index contributed by atoms with van der Waals surface area (Å²) in [5, 5.41) is 2.42. The average Bonchev–Trinajstić information content (AvgIpc) is 3.22. The van der Waals surface area contributed by atoms with Crippen LogP contribution in [0.25, 0.3) is 6.08 Å². The smallest absolute Gasteiger partial charge is 0.416 e. The van der Waals surface area contributed by atoms with Crippen LogP contribution in [0, 0.1) is 0 Å². The van der Waals surface area contributed by atoms with E-state index in [0.717, 1.165) is 24.3 Å². The van der Waals surface area contributed by atoms with Gasteiger partial charge in [-0.2, -0.15) is 13.2 Å². The number of ether oxygens (including phenoxy) is 2. The minimum Gasteiger partial charge on any atom is -0.494 e. The van der Waals surface area contributed by atoms with Crippen LogP contribution < -0.4 is 14.8 Å². The van der Waals surface area contributed by atoms with Gasteiger partial charge in [0.2, 0.25) is 5.91 Å². The van der Waals surface area contributed by atoms with Crippen LogP contribution in [-0.2, 0) is 11.0 Å². The lowest BCUT2D eigenvalue weighted by atomic mass is 10.1. The normalized spacial score (nSPS) is 11.5. The van der Waals surface area contributed by atoms with Crippen molar-refractivity contribution in [2.24, 2.45) is 0 Å². The number of carbonyl (C=O) groups is 1. The summed E-state index contributed by atoms with van der Waals surface area (Å²) in [6, 6.07) is 12.7. The molecule has 5 nitrogen and oxygen atoms in total. The SMILES string of the molecule is CCOc1ccc(Oc2ccc(C(F)(F)F)cc2NC(=O)/C=C/c2ccco2)cc1. The first-order valence-corrected chi connectivity index (χ1v) is 8.99. The molecule has 30 heavy (non-hydrogen) atoms. The van der Waals surface area contributed by atoms with Crippen LogP contribution in [0.5, 0.6) is 17.2 Å². The molecule has 0 saturated carbocycles. The molecule has 0 bridgehead atoms. The molecule has 0 aliphatic carbocycles. The van der Waals surface area contributed by atoms with Gasteiger partial charge >= 0.3 is 6.18 Å². The topological polar surface area (TPSA) is 60.7 Å². The van der Waals surface area contributed by atoms with Crippen molar-refractivity contribution in [2.75, 3.05) is 11.9 Å². The third kappa shape index (κ3) is 5.66. The fraction of sp³-hybridized carbons (Fsp3) is 0.136. The average molecular weight is 417 g/mol. The van der Waals surface area contributed by atoms with E-state index in [-0.39, 0.29) is 11.4 Å². The van der Waals surface area contributed by atoms with Gasteiger partial charge < -0.3 is 19.2 Å². The Morgan fingerprint density at radius 3 is 2.47 bits per heavy atom. The molecule has 1 N–H and O–H groups in total. The van der Waals surface area contributed by atoms with Crippen molar-refractivity contribution in [1.82, 2.24) is 0 Å². The predicted octanol–water partition coefficient (Wildman–Crippen LogP) is 6.14. The van der Waals surface area contributed by atoms with E-state index >= 15 is 0 Å². The zero-order valence-corrected chi connectivity index (χ0v) is 15.9. The molecule has 0 atom stereocenters. The first kappa shape index (κ1) is 21.0. The number of hydrogen-bond acceptors (Lipinski definition) is 4. The van der Waals surface area contributed by atoms with Gasteiger partial charge in [-0.1, -0.05) is 0 Å². The Bertz CT molecular complexity index is 1010. The second-order valence-electron chi connectivity index (χ2n) is 6.05. The van der Waals surface area contributed by atoms with Crippen LogP contribution in [0.2, 0.25) is 0 Å². The summed E-state index contributed by atoms with van der Waals surface area (Å²) in [6.07, 6.45) is -0.579. The number of furan rings is 1. The van der Waals surface area contributed by atoms with Gasteiger partial charge in [0.05, 0.1) is 24.1 Å². The summed E-state index contributed by atoms with van der Waals surface area (Å²) in [5.74, 6) is 0.864. The van der Waals surface area contributed by atoms with Crippen LogP contribution in [0.1, 0.15) is 18.2 Å². The number of halogens is 3. The lowest BCUT2D eigenvalue weighted by Gasteiger charge is -2.15. The molecule has 0 aliphatic heterocycles. The van der Waals surface area contributed by atoms with Crippen LogP contribution in [0.3, 0.4) is 0 Å². The lowest BCUT2D eigenvalue weighted by Crippen LogP contribution is -2.11. The number of anilines is 1. The Hall–Kier alpha value is -3.68. The van der Waals surface area contributed by atoms with E-state index in [0.29, 0.717) is 23.9 Å². The second kappa shape index (κ2) is 9.21. The van der Waals surface area contributed by atoms with E-state index in [9.17, 15) is 18.0 Å². The quantitative estimate of drug-likeness (QED) is 0.469. The standard InChI is InChI=1S/C22H18F3NO4/c1-2-28-17-6-8-18(9-7-17)30-20-11-5-15(22(23,24)25)14-19(20)26-21(27)12-10-16-4-3-13-29-16/h3-14H,2H2,1H3,(H,26,27)/b12-10+. The van der Waals surface area contributed by atoms with Crippen molar-refractivity contribution < 1.29 is 31.9 Å². The van der Waals surface area contributed by atoms with Gasteiger partial charge in [-0.15, -0.1) is 0 Å². The summed E-state index contributed by atoms with van der Waals surface area (Å²) >= 11 is 0. The van der Waals surface area contributed by atoms with Crippen LogP contribution in [-0.4, -0.2) is 12.5 Å². The third-order valence-corrected chi connectivity index (χ3v) is 3.87. The zero-order valence-electron chi connectivity index (χ0n) is 15.9. The maximum absolute atomic E-state index is 13.1.